The summed E-state index contributed by atoms with van der Waals surface area (Å²) in [6, 6.07) is 21.1. The molecule has 0 fully saturated rings. The van der Waals surface area contributed by atoms with Gasteiger partial charge in [0.25, 0.3) is 0 Å². The highest BCUT2D eigenvalue weighted by Crippen LogP contribution is 2.42. The average molecular weight is 463 g/mol. The molecule has 1 N–H and O–H groups in total. The molecule has 4 rings (SSSR count). The summed E-state index contributed by atoms with van der Waals surface area (Å²) in [6.45, 7) is 0.225. The molecule has 35 heavy (non-hydrogen) atoms. The number of allylic oxidation sites excluding steroid dienone is 2. The zero-order chi connectivity index (χ0) is 24.8. The third-order valence-electron chi connectivity index (χ3n) is 5.76. The first kappa shape index (κ1) is 23.7. The van der Waals surface area contributed by atoms with E-state index in [1.807, 2.05) is 24.3 Å². The second kappa shape index (κ2) is 10.2. The van der Waals surface area contributed by atoms with Crippen LogP contribution in [0.15, 0.2) is 78.9 Å². The summed E-state index contributed by atoms with van der Waals surface area (Å²) in [7, 11) is 3.09. The average Bonchev–Trinajstić information content (AvgIpc) is 2.90. The van der Waals surface area contributed by atoms with Crippen LogP contribution in [0.4, 0.5) is 0 Å². The first-order valence-electron chi connectivity index (χ1n) is 10.9. The van der Waals surface area contributed by atoms with Crippen LogP contribution in [0.2, 0.25) is 0 Å². The summed E-state index contributed by atoms with van der Waals surface area (Å²) in [6.07, 6.45) is 1.57. The van der Waals surface area contributed by atoms with E-state index in [0.717, 1.165) is 0 Å². The van der Waals surface area contributed by atoms with E-state index in [2.05, 4.69) is 23.7 Å². The summed E-state index contributed by atoms with van der Waals surface area (Å²) < 4.78 is 11.0. The number of hydrogen-bond donors (Lipinski definition) is 1. The minimum absolute atomic E-state index is 0.0944. The van der Waals surface area contributed by atoms with Crippen LogP contribution in [-0.4, -0.2) is 37.7 Å². The molecule has 5 heteroatoms. The van der Waals surface area contributed by atoms with E-state index in [1.54, 1.807) is 62.8 Å². The van der Waals surface area contributed by atoms with Crippen molar-refractivity contribution in [2.45, 2.75) is 5.60 Å². The molecule has 1 aliphatic rings. The number of aromatic carboxylic acids is 1. The minimum Gasteiger partial charge on any atom is -0.478 e. The van der Waals surface area contributed by atoms with Crippen molar-refractivity contribution in [3.8, 4) is 23.7 Å². The molecule has 0 spiro atoms. The highest BCUT2D eigenvalue weighted by molar-refractivity contribution is 6.13. The zero-order valence-corrected chi connectivity index (χ0v) is 19.3. The van der Waals surface area contributed by atoms with Crippen LogP contribution in [-0.2, 0) is 15.1 Å². The molecule has 0 unspecified atom stereocenters. The Hall–Kier alpha value is -4.42. The fraction of sp³-hybridized carbons (Fsp3) is 0.133. The standard InChI is InChI=1S/C30H22O5/c1-34-20-10-9-11-21(22-12-3-4-13-23(22)29(32)33)18-19-30(35-2)26-16-7-5-14-24(26)28(31)25-15-6-8-17-27(25)30/h3-8,11-17H,20H2,1-2H3,(H,32,33)/b21-11+. The van der Waals surface area contributed by atoms with Gasteiger partial charge in [-0.15, -0.1) is 0 Å². The van der Waals surface area contributed by atoms with Crippen LogP contribution in [0.1, 0.15) is 43.0 Å². The summed E-state index contributed by atoms with van der Waals surface area (Å²) >= 11 is 0. The number of ether oxygens (including phenoxy) is 2. The Bertz CT molecular complexity index is 1410. The summed E-state index contributed by atoms with van der Waals surface area (Å²) in [5, 5.41) is 9.73. The lowest BCUT2D eigenvalue weighted by Crippen LogP contribution is -2.36. The number of carbonyl (C=O) groups excluding carboxylic acids is 1. The normalized spacial score (nSPS) is 13.4. The Labute approximate surface area is 204 Å². The molecule has 3 aromatic carbocycles. The Morgan fingerprint density at radius 3 is 2.06 bits per heavy atom. The number of methoxy groups -OCH3 is 2. The summed E-state index contributed by atoms with van der Waals surface area (Å²) in [5.74, 6) is 10.9. The van der Waals surface area contributed by atoms with Gasteiger partial charge in [0.2, 0.25) is 0 Å². The number of carboxylic acid groups (broad SMARTS) is 1. The maximum atomic E-state index is 13.2. The predicted molar refractivity (Wildman–Crippen MR) is 133 cm³/mol. The van der Waals surface area contributed by atoms with Gasteiger partial charge in [-0.25, -0.2) is 4.79 Å². The quantitative estimate of drug-likeness (QED) is 0.576. The van der Waals surface area contributed by atoms with Crippen molar-refractivity contribution in [1.29, 1.82) is 0 Å². The molecule has 0 aromatic heterocycles. The van der Waals surface area contributed by atoms with Crippen LogP contribution < -0.4 is 0 Å². The Balaban J connectivity index is 1.97. The van der Waals surface area contributed by atoms with Crippen molar-refractivity contribution in [1.82, 2.24) is 0 Å². The van der Waals surface area contributed by atoms with Gasteiger partial charge < -0.3 is 14.6 Å². The largest absolute Gasteiger partial charge is 0.478 e. The van der Waals surface area contributed by atoms with Crippen molar-refractivity contribution >= 4 is 17.3 Å². The minimum atomic E-state index is -1.24. The smallest absolute Gasteiger partial charge is 0.336 e. The van der Waals surface area contributed by atoms with Gasteiger partial charge in [-0.2, -0.15) is 0 Å². The second-order valence-electron chi connectivity index (χ2n) is 7.72. The van der Waals surface area contributed by atoms with Crippen LogP contribution in [0.5, 0.6) is 0 Å². The maximum Gasteiger partial charge on any atom is 0.336 e. The van der Waals surface area contributed by atoms with E-state index < -0.39 is 11.6 Å². The molecule has 0 aliphatic heterocycles. The monoisotopic (exact) mass is 462 g/mol. The summed E-state index contributed by atoms with van der Waals surface area (Å²) in [4.78, 5) is 25.1. The maximum absolute atomic E-state index is 13.2. The lowest BCUT2D eigenvalue weighted by atomic mass is 9.74. The Kier molecular flexibility index (Phi) is 6.94. The van der Waals surface area contributed by atoms with Crippen molar-refractivity contribution in [2.24, 2.45) is 0 Å². The SMILES string of the molecule is COCC#C/C=C(\C#CC1(OC)c2ccccc2C(=O)c2ccccc21)c1ccccc1C(=O)O. The number of ketones is 1. The lowest BCUT2D eigenvalue weighted by Gasteiger charge is -2.35. The molecule has 0 heterocycles. The number of benzene rings is 3. The van der Waals surface area contributed by atoms with Crippen molar-refractivity contribution < 1.29 is 24.2 Å². The second-order valence-corrected chi connectivity index (χ2v) is 7.72. The molecular weight excluding hydrogens is 440 g/mol. The lowest BCUT2D eigenvalue weighted by molar-refractivity contribution is 0.0679. The van der Waals surface area contributed by atoms with Gasteiger partial charge in [0.05, 0.1) is 5.56 Å². The molecule has 0 radical (unpaired) electrons. The van der Waals surface area contributed by atoms with E-state index in [1.165, 1.54) is 6.07 Å². The number of carbonyl (C=O) groups is 2. The molecule has 3 aromatic rings. The fourth-order valence-corrected chi connectivity index (χ4v) is 4.15. The van der Waals surface area contributed by atoms with E-state index in [4.69, 9.17) is 9.47 Å². The van der Waals surface area contributed by atoms with Crippen LogP contribution in [0.3, 0.4) is 0 Å². The van der Waals surface area contributed by atoms with Gasteiger partial charge in [-0.05, 0) is 6.07 Å². The van der Waals surface area contributed by atoms with Crippen molar-refractivity contribution in [2.75, 3.05) is 20.8 Å². The van der Waals surface area contributed by atoms with Gasteiger partial charge in [0.1, 0.15) is 6.61 Å². The first-order valence-corrected chi connectivity index (χ1v) is 10.9. The number of rotatable bonds is 4. The van der Waals surface area contributed by atoms with E-state index >= 15 is 0 Å². The Morgan fingerprint density at radius 2 is 1.49 bits per heavy atom. The van der Waals surface area contributed by atoms with Gasteiger partial charge in [0.15, 0.2) is 11.4 Å². The molecule has 0 amide bonds. The number of hydrogen-bond acceptors (Lipinski definition) is 4. The molecule has 172 valence electrons. The van der Waals surface area contributed by atoms with E-state index in [-0.39, 0.29) is 18.0 Å². The number of carboxylic acids is 1. The predicted octanol–water partition coefficient (Wildman–Crippen LogP) is 4.56. The molecule has 0 bridgehead atoms. The van der Waals surface area contributed by atoms with Gasteiger partial charge in [-0.3, -0.25) is 4.79 Å². The highest BCUT2D eigenvalue weighted by Gasteiger charge is 2.42. The van der Waals surface area contributed by atoms with Gasteiger partial charge in [0, 0.05) is 53.7 Å². The third-order valence-corrected chi connectivity index (χ3v) is 5.76. The highest BCUT2D eigenvalue weighted by atomic mass is 16.5. The summed E-state index contributed by atoms with van der Waals surface area (Å²) in [5.41, 5.74) is 2.00. The molecule has 0 saturated carbocycles. The molecule has 0 atom stereocenters. The van der Waals surface area contributed by atoms with E-state index in [0.29, 0.717) is 33.4 Å². The van der Waals surface area contributed by atoms with Crippen LogP contribution in [0, 0.1) is 23.7 Å². The van der Waals surface area contributed by atoms with Gasteiger partial charge in [-0.1, -0.05) is 90.4 Å². The molecular formula is C30H22O5. The molecule has 1 aliphatic carbocycles. The van der Waals surface area contributed by atoms with Crippen molar-refractivity contribution in [3.05, 3.63) is 112 Å². The van der Waals surface area contributed by atoms with Crippen molar-refractivity contribution in [3.63, 3.8) is 0 Å². The zero-order valence-electron chi connectivity index (χ0n) is 19.3. The molecule has 5 nitrogen and oxygen atoms in total. The Morgan fingerprint density at radius 1 is 0.914 bits per heavy atom. The topological polar surface area (TPSA) is 72.8 Å². The van der Waals surface area contributed by atoms with Crippen LogP contribution >= 0.6 is 0 Å². The van der Waals surface area contributed by atoms with Gasteiger partial charge >= 0.3 is 5.97 Å². The molecule has 0 saturated heterocycles. The third kappa shape index (κ3) is 4.39. The fourth-order valence-electron chi connectivity index (χ4n) is 4.15. The number of fused-ring (bicyclic) bond motifs is 2. The first-order chi connectivity index (χ1) is 17.0. The van der Waals surface area contributed by atoms with E-state index in [9.17, 15) is 14.7 Å². The van der Waals surface area contributed by atoms with Crippen LogP contribution in [0.25, 0.3) is 5.57 Å².